The third-order valence-corrected chi connectivity index (χ3v) is 1.79. The van der Waals surface area contributed by atoms with Gasteiger partial charge >= 0.3 is 0 Å². The highest BCUT2D eigenvalue weighted by atomic mass is 35.5. The average Bonchev–Trinajstić information content (AvgIpc) is 1.85. The standard InChI is InChI=1S/C6H5Cl2FN2/c1-3(9)4-5(7)10-2-11-6(4)8/h2-3H,1H3. The summed E-state index contributed by atoms with van der Waals surface area (Å²) in [6.45, 7) is 1.33. The van der Waals surface area contributed by atoms with E-state index in [2.05, 4.69) is 9.97 Å². The number of alkyl halides is 1. The molecule has 0 amide bonds. The van der Waals surface area contributed by atoms with Gasteiger partial charge in [0.15, 0.2) is 0 Å². The van der Waals surface area contributed by atoms with Crippen LogP contribution in [0.15, 0.2) is 6.33 Å². The van der Waals surface area contributed by atoms with Crippen molar-refractivity contribution in [2.75, 3.05) is 0 Å². The maximum Gasteiger partial charge on any atom is 0.140 e. The maximum absolute atomic E-state index is 12.7. The molecule has 0 aliphatic heterocycles. The average molecular weight is 195 g/mol. The van der Waals surface area contributed by atoms with Crippen LogP contribution < -0.4 is 0 Å². The second-order valence-electron chi connectivity index (χ2n) is 1.98. The van der Waals surface area contributed by atoms with Gasteiger partial charge in [0.1, 0.15) is 22.8 Å². The molecule has 0 aliphatic rings. The summed E-state index contributed by atoms with van der Waals surface area (Å²) in [5.74, 6) is 0. The first kappa shape index (κ1) is 8.68. The van der Waals surface area contributed by atoms with E-state index in [-0.39, 0.29) is 15.9 Å². The molecule has 0 bridgehead atoms. The Hall–Kier alpha value is -0.410. The molecule has 2 nitrogen and oxygen atoms in total. The predicted molar refractivity (Wildman–Crippen MR) is 41.6 cm³/mol. The summed E-state index contributed by atoms with van der Waals surface area (Å²) >= 11 is 11.1. The molecule has 60 valence electrons. The van der Waals surface area contributed by atoms with Crippen LogP contribution in [0.3, 0.4) is 0 Å². The van der Waals surface area contributed by atoms with Gasteiger partial charge < -0.3 is 0 Å². The minimum Gasteiger partial charge on any atom is -0.242 e. The normalized spacial score (nSPS) is 13.1. The summed E-state index contributed by atoms with van der Waals surface area (Å²) in [6, 6.07) is 0. The molecule has 0 saturated heterocycles. The minimum absolute atomic E-state index is 0.0694. The summed E-state index contributed by atoms with van der Waals surface area (Å²) in [5, 5.41) is 0.139. The molecule has 1 aromatic rings. The smallest absolute Gasteiger partial charge is 0.140 e. The van der Waals surface area contributed by atoms with Crippen LogP contribution in [-0.2, 0) is 0 Å². The van der Waals surface area contributed by atoms with Crippen molar-refractivity contribution < 1.29 is 4.39 Å². The fraction of sp³-hybridized carbons (Fsp3) is 0.333. The molecule has 1 atom stereocenters. The van der Waals surface area contributed by atoms with Crippen molar-refractivity contribution in [3.63, 3.8) is 0 Å². The van der Waals surface area contributed by atoms with E-state index in [0.29, 0.717) is 0 Å². The molecule has 0 spiro atoms. The van der Waals surface area contributed by atoms with Crippen molar-refractivity contribution in [2.24, 2.45) is 0 Å². The number of rotatable bonds is 1. The number of halogens is 3. The fourth-order valence-corrected chi connectivity index (χ4v) is 1.30. The van der Waals surface area contributed by atoms with Gasteiger partial charge in [-0.3, -0.25) is 0 Å². The molecular formula is C6H5Cl2FN2. The Morgan fingerprint density at radius 2 is 1.82 bits per heavy atom. The van der Waals surface area contributed by atoms with E-state index in [4.69, 9.17) is 23.2 Å². The summed E-state index contributed by atoms with van der Waals surface area (Å²) in [5.41, 5.74) is 0.149. The van der Waals surface area contributed by atoms with Gasteiger partial charge in [0.25, 0.3) is 0 Å². The summed E-state index contributed by atoms with van der Waals surface area (Å²) in [6.07, 6.45) is -0.0486. The van der Waals surface area contributed by atoms with Gasteiger partial charge in [-0.25, -0.2) is 14.4 Å². The summed E-state index contributed by atoms with van der Waals surface area (Å²) < 4.78 is 12.7. The highest BCUT2D eigenvalue weighted by molar-refractivity contribution is 6.34. The Balaban J connectivity index is 3.21. The lowest BCUT2D eigenvalue weighted by Gasteiger charge is -2.04. The topological polar surface area (TPSA) is 25.8 Å². The molecule has 11 heavy (non-hydrogen) atoms. The fourth-order valence-electron chi connectivity index (χ4n) is 0.683. The van der Waals surface area contributed by atoms with Gasteiger partial charge in [-0.1, -0.05) is 23.2 Å². The summed E-state index contributed by atoms with van der Waals surface area (Å²) in [4.78, 5) is 7.18. The number of aromatic nitrogens is 2. The quantitative estimate of drug-likeness (QED) is 0.643. The van der Waals surface area contributed by atoms with E-state index < -0.39 is 6.17 Å². The lowest BCUT2D eigenvalue weighted by Crippen LogP contribution is -1.93. The Morgan fingerprint density at radius 1 is 1.36 bits per heavy atom. The molecule has 1 aromatic heterocycles. The van der Waals surface area contributed by atoms with Crippen LogP contribution in [0.5, 0.6) is 0 Å². The monoisotopic (exact) mass is 194 g/mol. The number of nitrogens with zero attached hydrogens (tertiary/aromatic N) is 2. The van der Waals surface area contributed by atoms with Crippen LogP contribution in [-0.4, -0.2) is 9.97 Å². The molecule has 1 rings (SSSR count). The van der Waals surface area contributed by atoms with E-state index in [0.717, 1.165) is 0 Å². The highest BCUT2D eigenvalue weighted by Gasteiger charge is 2.13. The van der Waals surface area contributed by atoms with Crippen molar-refractivity contribution in [1.82, 2.24) is 9.97 Å². The third kappa shape index (κ3) is 1.79. The largest absolute Gasteiger partial charge is 0.242 e. The van der Waals surface area contributed by atoms with Gasteiger partial charge in [0.2, 0.25) is 0 Å². The van der Waals surface area contributed by atoms with Crippen molar-refractivity contribution >= 4 is 23.2 Å². The lowest BCUT2D eigenvalue weighted by molar-refractivity contribution is 0.372. The zero-order valence-electron chi connectivity index (χ0n) is 5.68. The zero-order valence-corrected chi connectivity index (χ0v) is 7.19. The summed E-state index contributed by atoms with van der Waals surface area (Å²) in [7, 11) is 0. The van der Waals surface area contributed by atoms with Crippen LogP contribution in [0.25, 0.3) is 0 Å². The van der Waals surface area contributed by atoms with Crippen molar-refractivity contribution in [3.05, 3.63) is 22.2 Å². The lowest BCUT2D eigenvalue weighted by atomic mass is 10.2. The van der Waals surface area contributed by atoms with Crippen LogP contribution >= 0.6 is 23.2 Å². The Labute approximate surface area is 73.4 Å². The van der Waals surface area contributed by atoms with Crippen molar-refractivity contribution in [1.29, 1.82) is 0 Å². The number of hydrogen-bond donors (Lipinski definition) is 0. The van der Waals surface area contributed by atoms with Gasteiger partial charge in [0, 0.05) is 0 Å². The van der Waals surface area contributed by atoms with Gasteiger partial charge in [-0.15, -0.1) is 0 Å². The molecule has 0 aliphatic carbocycles. The Morgan fingerprint density at radius 3 is 2.09 bits per heavy atom. The molecule has 1 heterocycles. The minimum atomic E-state index is -1.24. The SMILES string of the molecule is CC(F)c1c(Cl)ncnc1Cl. The molecule has 5 heteroatoms. The van der Waals surface area contributed by atoms with E-state index in [1.165, 1.54) is 13.3 Å². The molecule has 0 N–H and O–H groups in total. The number of hydrogen-bond acceptors (Lipinski definition) is 2. The molecule has 1 unspecified atom stereocenters. The molecule has 0 saturated carbocycles. The Kier molecular flexibility index (Phi) is 2.62. The van der Waals surface area contributed by atoms with Crippen LogP contribution in [0, 0.1) is 0 Å². The van der Waals surface area contributed by atoms with Gasteiger partial charge in [0.05, 0.1) is 5.56 Å². The first-order valence-corrected chi connectivity index (χ1v) is 3.68. The van der Waals surface area contributed by atoms with E-state index in [1.54, 1.807) is 0 Å². The predicted octanol–water partition coefficient (Wildman–Crippen LogP) is 2.81. The zero-order chi connectivity index (χ0) is 8.43. The first-order chi connectivity index (χ1) is 5.13. The molecule has 0 radical (unpaired) electrons. The van der Waals surface area contributed by atoms with Gasteiger partial charge in [-0.2, -0.15) is 0 Å². The van der Waals surface area contributed by atoms with E-state index >= 15 is 0 Å². The van der Waals surface area contributed by atoms with Crippen molar-refractivity contribution in [3.8, 4) is 0 Å². The van der Waals surface area contributed by atoms with Gasteiger partial charge in [-0.05, 0) is 6.92 Å². The first-order valence-electron chi connectivity index (χ1n) is 2.93. The Bertz CT molecular complexity index is 245. The maximum atomic E-state index is 12.7. The van der Waals surface area contributed by atoms with Crippen molar-refractivity contribution in [2.45, 2.75) is 13.1 Å². The van der Waals surface area contributed by atoms with E-state index in [1.807, 2.05) is 0 Å². The molecule has 0 fully saturated rings. The second kappa shape index (κ2) is 3.32. The van der Waals surface area contributed by atoms with Crippen LogP contribution in [0.4, 0.5) is 4.39 Å². The highest BCUT2D eigenvalue weighted by Crippen LogP contribution is 2.28. The molecular weight excluding hydrogens is 190 g/mol. The van der Waals surface area contributed by atoms with Crippen LogP contribution in [0.1, 0.15) is 18.7 Å². The third-order valence-electron chi connectivity index (χ3n) is 1.18. The second-order valence-corrected chi connectivity index (χ2v) is 2.70. The van der Waals surface area contributed by atoms with E-state index in [9.17, 15) is 4.39 Å². The molecule has 0 aromatic carbocycles. The van der Waals surface area contributed by atoms with Crippen LogP contribution in [0.2, 0.25) is 10.3 Å².